The van der Waals surface area contributed by atoms with Crippen LogP contribution in [0.4, 0.5) is 5.13 Å². The van der Waals surface area contributed by atoms with E-state index in [9.17, 15) is 0 Å². The van der Waals surface area contributed by atoms with E-state index in [1.54, 1.807) is 17.5 Å². The lowest BCUT2D eigenvalue weighted by atomic mass is 10.1. The number of hydrogen-bond acceptors (Lipinski definition) is 5. The minimum atomic E-state index is 0.430. The lowest BCUT2D eigenvalue weighted by Crippen LogP contribution is -2.48. The van der Waals surface area contributed by atoms with E-state index in [-0.39, 0.29) is 0 Å². The maximum absolute atomic E-state index is 4.65. The largest absolute Gasteiger partial charge is 0.344 e. The fourth-order valence-electron chi connectivity index (χ4n) is 2.19. The number of aromatic nitrogens is 4. The number of thiazole rings is 1. The first-order valence-electron chi connectivity index (χ1n) is 5.86. The number of benzene rings is 1. The molecule has 90 valence electrons. The molecule has 4 rings (SSSR count). The van der Waals surface area contributed by atoms with Gasteiger partial charge in [-0.15, -0.1) is 5.10 Å². The molecule has 1 saturated heterocycles. The maximum atomic E-state index is 4.65. The Morgan fingerprint density at radius 3 is 2.89 bits per heavy atom. The Kier molecular flexibility index (Phi) is 2.10. The normalized spacial score (nSPS) is 16.1. The highest BCUT2D eigenvalue weighted by atomic mass is 32.1. The summed E-state index contributed by atoms with van der Waals surface area (Å²) in [5.74, 6) is 0. The molecule has 1 aliphatic heterocycles. The summed E-state index contributed by atoms with van der Waals surface area (Å²) in [4.78, 5) is 6.94. The van der Waals surface area contributed by atoms with Crippen LogP contribution in [0.5, 0.6) is 0 Å². The van der Waals surface area contributed by atoms with Gasteiger partial charge in [-0.3, -0.25) is 0 Å². The Balaban J connectivity index is 1.56. The minimum absolute atomic E-state index is 0.430. The Morgan fingerprint density at radius 1 is 1.22 bits per heavy atom. The Hall–Kier alpha value is -1.95. The number of para-hydroxylation sites is 1. The summed E-state index contributed by atoms with van der Waals surface area (Å²) in [6.45, 7) is 1.92. The predicted molar refractivity (Wildman–Crippen MR) is 70.9 cm³/mol. The van der Waals surface area contributed by atoms with Crippen LogP contribution in [0.25, 0.3) is 10.2 Å². The first-order chi connectivity index (χ1) is 8.90. The average molecular weight is 257 g/mol. The fraction of sp³-hybridized carbons (Fsp3) is 0.250. The molecule has 1 aliphatic rings. The van der Waals surface area contributed by atoms with Crippen LogP contribution in [-0.4, -0.2) is 33.1 Å². The zero-order chi connectivity index (χ0) is 11.9. The van der Waals surface area contributed by atoms with Crippen molar-refractivity contribution in [2.24, 2.45) is 0 Å². The van der Waals surface area contributed by atoms with Crippen molar-refractivity contribution in [1.29, 1.82) is 0 Å². The highest BCUT2D eigenvalue weighted by Gasteiger charge is 2.30. The van der Waals surface area contributed by atoms with Crippen LogP contribution in [0.1, 0.15) is 6.04 Å². The van der Waals surface area contributed by atoms with Crippen molar-refractivity contribution in [3.05, 3.63) is 36.7 Å². The van der Waals surface area contributed by atoms with E-state index in [4.69, 9.17) is 0 Å². The molecule has 3 heterocycles. The number of anilines is 1. The smallest absolute Gasteiger partial charge is 0.186 e. The van der Waals surface area contributed by atoms with Gasteiger partial charge < -0.3 is 4.90 Å². The monoisotopic (exact) mass is 257 g/mol. The zero-order valence-corrected chi connectivity index (χ0v) is 10.4. The summed E-state index contributed by atoms with van der Waals surface area (Å²) in [6.07, 6.45) is 3.64. The number of rotatable bonds is 2. The van der Waals surface area contributed by atoms with Crippen LogP contribution in [-0.2, 0) is 0 Å². The second-order valence-corrected chi connectivity index (χ2v) is 5.42. The molecule has 0 N–H and O–H groups in total. The van der Waals surface area contributed by atoms with Gasteiger partial charge in [-0.05, 0) is 12.1 Å². The van der Waals surface area contributed by atoms with Crippen LogP contribution >= 0.6 is 11.3 Å². The van der Waals surface area contributed by atoms with E-state index in [0.717, 1.165) is 23.7 Å². The van der Waals surface area contributed by atoms with E-state index in [1.807, 2.05) is 16.9 Å². The molecule has 0 bridgehead atoms. The molecule has 2 aromatic heterocycles. The summed E-state index contributed by atoms with van der Waals surface area (Å²) in [6, 6.07) is 8.69. The molecule has 1 fully saturated rings. The second-order valence-electron chi connectivity index (χ2n) is 4.41. The van der Waals surface area contributed by atoms with Gasteiger partial charge in [0, 0.05) is 19.3 Å². The van der Waals surface area contributed by atoms with Crippen molar-refractivity contribution in [2.45, 2.75) is 6.04 Å². The topological polar surface area (TPSA) is 46.8 Å². The molecule has 0 aliphatic carbocycles. The lowest BCUT2D eigenvalue weighted by molar-refractivity contribution is 0.361. The number of fused-ring (bicyclic) bond motifs is 1. The molecule has 0 amide bonds. The van der Waals surface area contributed by atoms with Crippen LogP contribution in [0.15, 0.2) is 36.7 Å². The molecular weight excluding hydrogens is 246 g/mol. The van der Waals surface area contributed by atoms with E-state index >= 15 is 0 Å². The van der Waals surface area contributed by atoms with E-state index in [2.05, 4.69) is 38.4 Å². The summed E-state index contributed by atoms with van der Waals surface area (Å²) in [7, 11) is 0. The molecule has 1 aromatic carbocycles. The Morgan fingerprint density at radius 2 is 2.11 bits per heavy atom. The first kappa shape index (κ1) is 10.0. The highest BCUT2D eigenvalue weighted by Crippen LogP contribution is 2.33. The molecule has 6 heteroatoms. The maximum Gasteiger partial charge on any atom is 0.186 e. The first-order valence-corrected chi connectivity index (χ1v) is 6.68. The molecule has 5 nitrogen and oxygen atoms in total. The summed E-state index contributed by atoms with van der Waals surface area (Å²) in [5, 5.41) is 8.98. The average Bonchev–Trinajstić information content (AvgIpc) is 2.94. The van der Waals surface area contributed by atoms with Crippen LogP contribution in [0.3, 0.4) is 0 Å². The third kappa shape index (κ3) is 1.49. The van der Waals surface area contributed by atoms with Crippen molar-refractivity contribution in [2.75, 3.05) is 18.0 Å². The van der Waals surface area contributed by atoms with Gasteiger partial charge in [0.1, 0.15) is 0 Å². The minimum Gasteiger partial charge on any atom is -0.344 e. The highest BCUT2D eigenvalue weighted by molar-refractivity contribution is 7.22. The summed E-state index contributed by atoms with van der Waals surface area (Å²) in [5.41, 5.74) is 1.08. The molecular formula is C12H11N5S. The van der Waals surface area contributed by atoms with Gasteiger partial charge in [0.2, 0.25) is 0 Å². The number of nitrogens with zero attached hydrogens (tertiary/aromatic N) is 5. The Labute approximate surface area is 108 Å². The molecule has 3 aromatic rings. The number of hydrogen-bond donors (Lipinski definition) is 0. The van der Waals surface area contributed by atoms with Crippen molar-refractivity contribution >= 4 is 26.7 Å². The van der Waals surface area contributed by atoms with Crippen molar-refractivity contribution in [1.82, 2.24) is 20.0 Å². The van der Waals surface area contributed by atoms with Gasteiger partial charge in [-0.1, -0.05) is 28.7 Å². The molecule has 0 spiro atoms. The van der Waals surface area contributed by atoms with Gasteiger partial charge in [0.15, 0.2) is 5.13 Å². The van der Waals surface area contributed by atoms with Gasteiger partial charge in [-0.25, -0.2) is 9.67 Å². The molecule has 18 heavy (non-hydrogen) atoms. The van der Waals surface area contributed by atoms with Gasteiger partial charge in [0.25, 0.3) is 0 Å². The SMILES string of the molecule is c1ccc2sc(N3CC(n4ccnn4)C3)nc2c1. The fourth-order valence-corrected chi connectivity index (χ4v) is 3.17. The van der Waals surface area contributed by atoms with E-state index in [0.29, 0.717) is 6.04 Å². The third-order valence-corrected chi connectivity index (χ3v) is 4.33. The van der Waals surface area contributed by atoms with Crippen molar-refractivity contribution < 1.29 is 0 Å². The summed E-state index contributed by atoms with van der Waals surface area (Å²) < 4.78 is 3.17. The van der Waals surface area contributed by atoms with Gasteiger partial charge in [0.05, 0.1) is 22.5 Å². The summed E-state index contributed by atoms with van der Waals surface area (Å²) >= 11 is 1.75. The standard InChI is InChI=1S/C12H11N5S/c1-2-4-11-10(3-1)14-12(18-11)16-7-9(8-16)17-6-5-13-15-17/h1-6,9H,7-8H2. The molecule has 0 radical (unpaired) electrons. The zero-order valence-electron chi connectivity index (χ0n) is 9.60. The van der Waals surface area contributed by atoms with Crippen LogP contribution in [0.2, 0.25) is 0 Å². The molecule has 0 unspecified atom stereocenters. The van der Waals surface area contributed by atoms with Gasteiger partial charge >= 0.3 is 0 Å². The van der Waals surface area contributed by atoms with Crippen LogP contribution < -0.4 is 4.90 Å². The van der Waals surface area contributed by atoms with E-state index < -0.39 is 0 Å². The Bertz CT molecular complexity index is 636. The second kappa shape index (κ2) is 3.78. The van der Waals surface area contributed by atoms with Crippen molar-refractivity contribution in [3.63, 3.8) is 0 Å². The lowest BCUT2D eigenvalue weighted by Gasteiger charge is -2.38. The van der Waals surface area contributed by atoms with Crippen molar-refractivity contribution in [3.8, 4) is 0 Å². The third-order valence-electron chi connectivity index (χ3n) is 3.23. The molecule has 0 atom stereocenters. The quantitative estimate of drug-likeness (QED) is 0.704. The van der Waals surface area contributed by atoms with Gasteiger partial charge in [-0.2, -0.15) is 0 Å². The predicted octanol–water partition coefficient (Wildman–Crippen LogP) is 1.95. The molecule has 0 saturated carbocycles. The van der Waals surface area contributed by atoms with Crippen LogP contribution in [0, 0.1) is 0 Å². The van der Waals surface area contributed by atoms with E-state index in [1.165, 1.54) is 4.70 Å².